The highest BCUT2D eigenvalue weighted by atomic mass is 19.4. The van der Waals surface area contributed by atoms with Gasteiger partial charge in [0, 0.05) is 32.0 Å². The molecule has 5 nitrogen and oxygen atoms in total. The molecule has 1 aliphatic heterocycles. The molecule has 0 bridgehead atoms. The van der Waals surface area contributed by atoms with Crippen molar-refractivity contribution in [3.8, 4) is 0 Å². The molecule has 1 saturated heterocycles. The van der Waals surface area contributed by atoms with Gasteiger partial charge in [-0.05, 0) is 36.1 Å². The number of benzene rings is 1. The Morgan fingerprint density at radius 3 is 2.43 bits per heavy atom. The summed E-state index contributed by atoms with van der Waals surface area (Å²) in [5.41, 5.74) is -0.645. The van der Waals surface area contributed by atoms with E-state index >= 15 is 0 Å². The zero-order valence-corrected chi connectivity index (χ0v) is 16.3. The van der Waals surface area contributed by atoms with Crippen LogP contribution in [-0.4, -0.2) is 34.8 Å². The minimum atomic E-state index is -4.50. The number of nitrogens with one attached hydrogen (secondary N) is 1. The Bertz CT molecular complexity index is 921. The second-order valence-corrected chi connectivity index (χ2v) is 7.24. The lowest BCUT2D eigenvalue weighted by Gasteiger charge is -2.40. The summed E-state index contributed by atoms with van der Waals surface area (Å²) >= 11 is 0. The van der Waals surface area contributed by atoms with Crippen LogP contribution in [0.2, 0.25) is 0 Å². The third-order valence-electron chi connectivity index (χ3n) is 5.44. The standard InChI is InChI=1S/C22H22F3N3O2/c1-2-19(29)28-10-8-21(9-11-28,17-6-4-3-5-7-17)20(30)27-14-16-12-18(15-26-13-16)22(23,24)25/h2-7,12-13,15H,1,8-11,14H2,(H,27,30). The number of hydrogen-bond donors (Lipinski definition) is 1. The minimum absolute atomic E-state index is 0.0698. The van der Waals surface area contributed by atoms with Gasteiger partial charge in [-0.3, -0.25) is 14.6 Å². The highest BCUT2D eigenvalue weighted by Crippen LogP contribution is 2.36. The zero-order chi connectivity index (χ0) is 21.8. The molecule has 3 rings (SSSR count). The van der Waals surface area contributed by atoms with Crippen molar-refractivity contribution in [2.24, 2.45) is 0 Å². The van der Waals surface area contributed by atoms with Crippen LogP contribution in [-0.2, 0) is 27.7 Å². The van der Waals surface area contributed by atoms with E-state index in [0.717, 1.165) is 17.8 Å². The molecule has 1 aromatic heterocycles. The summed E-state index contributed by atoms with van der Waals surface area (Å²) in [6.45, 7) is 4.20. The second-order valence-electron chi connectivity index (χ2n) is 7.24. The SMILES string of the molecule is C=CC(=O)N1CCC(C(=O)NCc2cncc(C(F)(F)F)c2)(c2ccccc2)CC1. The van der Waals surface area contributed by atoms with Crippen LogP contribution in [0.25, 0.3) is 0 Å². The predicted octanol–water partition coefficient (Wildman–Crippen LogP) is 3.46. The molecular weight excluding hydrogens is 395 g/mol. The summed E-state index contributed by atoms with van der Waals surface area (Å²) in [6.07, 6.45) is -0.384. The second kappa shape index (κ2) is 8.69. The fourth-order valence-corrected chi connectivity index (χ4v) is 3.73. The van der Waals surface area contributed by atoms with Gasteiger partial charge in [-0.25, -0.2) is 0 Å². The van der Waals surface area contributed by atoms with Crippen LogP contribution in [0.1, 0.15) is 29.5 Å². The molecule has 1 aromatic carbocycles. The number of piperidine rings is 1. The lowest BCUT2D eigenvalue weighted by Crippen LogP contribution is -2.52. The zero-order valence-electron chi connectivity index (χ0n) is 16.3. The monoisotopic (exact) mass is 417 g/mol. The average molecular weight is 417 g/mol. The number of rotatable bonds is 5. The van der Waals surface area contributed by atoms with Crippen LogP contribution < -0.4 is 5.32 Å². The smallest absolute Gasteiger partial charge is 0.351 e. The van der Waals surface area contributed by atoms with E-state index in [0.29, 0.717) is 25.9 Å². The van der Waals surface area contributed by atoms with E-state index in [2.05, 4.69) is 16.9 Å². The fraction of sp³-hybridized carbons (Fsp3) is 0.318. The van der Waals surface area contributed by atoms with E-state index in [1.807, 2.05) is 30.3 Å². The van der Waals surface area contributed by atoms with E-state index in [1.165, 1.54) is 12.3 Å². The molecule has 0 unspecified atom stereocenters. The van der Waals surface area contributed by atoms with E-state index in [1.54, 1.807) is 4.90 Å². The number of halogens is 3. The van der Waals surface area contributed by atoms with Crippen molar-refractivity contribution in [1.29, 1.82) is 0 Å². The Morgan fingerprint density at radius 1 is 1.17 bits per heavy atom. The van der Waals surface area contributed by atoms with E-state index in [9.17, 15) is 22.8 Å². The van der Waals surface area contributed by atoms with Gasteiger partial charge >= 0.3 is 6.18 Å². The van der Waals surface area contributed by atoms with Crippen LogP contribution >= 0.6 is 0 Å². The summed E-state index contributed by atoms with van der Waals surface area (Å²) in [7, 11) is 0. The highest BCUT2D eigenvalue weighted by molar-refractivity contribution is 5.90. The number of carbonyl (C=O) groups excluding carboxylic acids is 2. The van der Waals surface area contributed by atoms with Gasteiger partial charge in [0.2, 0.25) is 11.8 Å². The molecular formula is C22H22F3N3O2. The first-order chi connectivity index (χ1) is 14.3. The van der Waals surface area contributed by atoms with Crippen LogP contribution in [0.3, 0.4) is 0 Å². The first-order valence-electron chi connectivity index (χ1n) is 9.52. The molecule has 1 aliphatic rings. The maximum atomic E-state index is 13.2. The van der Waals surface area contributed by atoms with Crippen molar-refractivity contribution in [3.63, 3.8) is 0 Å². The Labute approximate surface area is 172 Å². The normalized spacial score (nSPS) is 16.0. The van der Waals surface area contributed by atoms with Crippen molar-refractivity contribution < 1.29 is 22.8 Å². The van der Waals surface area contributed by atoms with Crippen molar-refractivity contribution in [2.75, 3.05) is 13.1 Å². The van der Waals surface area contributed by atoms with Gasteiger partial charge in [0.1, 0.15) is 0 Å². The summed E-state index contributed by atoms with van der Waals surface area (Å²) in [6, 6.07) is 10.2. The molecule has 30 heavy (non-hydrogen) atoms. The first kappa shape index (κ1) is 21.5. The van der Waals surface area contributed by atoms with Gasteiger partial charge in [0.05, 0.1) is 11.0 Å². The molecule has 2 aromatic rings. The number of alkyl halides is 3. The number of aromatic nitrogens is 1. The Hall–Kier alpha value is -3.16. The van der Waals surface area contributed by atoms with Crippen molar-refractivity contribution in [2.45, 2.75) is 31.0 Å². The molecule has 158 valence electrons. The summed E-state index contributed by atoms with van der Waals surface area (Å²) in [4.78, 5) is 30.4. The maximum Gasteiger partial charge on any atom is 0.417 e. The minimum Gasteiger partial charge on any atom is -0.351 e. The Morgan fingerprint density at radius 2 is 1.83 bits per heavy atom. The Kier molecular flexibility index (Phi) is 6.24. The van der Waals surface area contributed by atoms with Crippen molar-refractivity contribution in [3.05, 3.63) is 78.1 Å². The number of hydrogen-bond acceptors (Lipinski definition) is 3. The number of carbonyl (C=O) groups is 2. The van der Waals surface area contributed by atoms with Crippen LogP contribution in [0.4, 0.5) is 13.2 Å². The lowest BCUT2D eigenvalue weighted by molar-refractivity contribution is -0.137. The molecule has 8 heteroatoms. The molecule has 0 radical (unpaired) electrons. The van der Waals surface area contributed by atoms with Gasteiger partial charge in [-0.2, -0.15) is 13.2 Å². The topological polar surface area (TPSA) is 62.3 Å². The molecule has 0 aliphatic carbocycles. The van der Waals surface area contributed by atoms with E-state index < -0.39 is 17.2 Å². The molecule has 0 saturated carbocycles. The number of pyridine rings is 1. The lowest BCUT2D eigenvalue weighted by atomic mass is 9.72. The third kappa shape index (κ3) is 4.53. The first-order valence-corrected chi connectivity index (χ1v) is 9.52. The molecule has 2 heterocycles. The molecule has 0 spiro atoms. The molecule has 2 amide bonds. The maximum absolute atomic E-state index is 13.2. The third-order valence-corrected chi connectivity index (χ3v) is 5.44. The average Bonchev–Trinajstić information content (AvgIpc) is 2.77. The van der Waals surface area contributed by atoms with Gasteiger partial charge < -0.3 is 10.2 Å². The summed E-state index contributed by atoms with van der Waals surface area (Å²) in [5.74, 6) is -0.469. The molecule has 1 N–H and O–H groups in total. The number of nitrogens with zero attached hydrogens (tertiary/aromatic N) is 2. The predicted molar refractivity (Wildman–Crippen MR) is 105 cm³/mol. The molecule has 1 fully saturated rings. The van der Waals surface area contributed by atoms with Crippen LogP contribution in [0.5, 0.6) is 0 Å². The van der Waals surface area contributed by atoms with Gasteiger partial charge in [-0.1, -0.05) is 36.9 Å². The van der Waals surface area contributed by atoms with Crippen LogP contribution in [0, 0.1) is 0 Å². The number of amides is 2. The molecule has 0 atom stereocenters. The van der Waals surface area contributed by atoms with Gasteiger partial charge in [-0.15, -0.1) is 0 Å². The van der Waals surface area contributed by atoms with Gasteiger partial charge in [0.25, 0.3) is 0 Å². The fourth-order valence-electron chi connectivity index (χ4n) is 3.73. The van der Waals surface area contributed by atoms with E-state index in [4.69, 9.17) is 0 Å². The van der Waals surface area contributed by atoms with E-state index in [-0.39, 0.29) is 23.9 Å². The summed E-state index contributed by atoms with van der Waals surface area (Å²) < 4.78 is 38.7. The van der Waals surface area contributed by atoms with Crippen molar-refractivity contribution >= 4 is 11.8 Å². The quantitative estimate of drug-likeness (QED) is 0.758. The largest absolute Gasteiger partial charge is 0.417 e. The number of likely N-dealkylation sites (tertiary alicyclic amines) is 1. The van der Waals surface area contributed by atoms with Gasteiger partial charge in [0.15, 0.2) is 0 Å². The highest BCUT2D eigenvalue weighted by Gasteiger charge is 2.43. The Balaban J connectivity index is 1.79. The summed E-state index contributed by atoms with van der Waals surface area (Å²) in [5, 5.41) is 2.77. The van der Waals surface area contributed by atoms with Crippen molar-refractivity contribution in [1.82, 2.24) is 15.2 Å². The van der Waals surface area contributed by atoms with Crippen LogP contribution in [0.15, 0.2) is 61.4 Å².